The van der Waals surface area contributed by atoms with E-state index < -0.39 is 34.5 Å². The van der Waals surface area contributed by atoms with Crippen LogP contribution in [0.3, 0.4) is 0 Å². The SMILES string of the molecule is CC(C)(C)OC(=O)N1CCc2nc(-c3cncc(F)c3)nc(NCCc3c[nH]c4cc(F)ccc34)c2C1.CC(C)(C)OC(=O)N1CCc2nc(Cl)nc(Cl)c2C1.CC(C)(C)OC(=O)N1CCc2nc(Cl)nc(NCCc3c[nH]c4cc(F)ccc34)c2C1.Fc1cncc(-c2nc3c(c(NCCc4c[nH]c5cc(F)ccc45)n2)CNCC3)c1. The number of aromatic nitrogens is 13. The molecule has 3 aromatic carbocycles. The summed E-state index contributed by atoms with van der Waals surface area (Å²) in [5.74, 6) is 1.06. The number of hydrogen-bond acceptors (Lipinski definition) is 20. The first-order chi connectivity index (χ1) is 55.8. The first kappa shape index (κ1) is 83.5. The summed E-state index contributed by atoms with van der Waals surface area (Å²) in [5.41, 5.74) is 11.7. The maximum absolute atomic E-state index is 13.9. The van der Waals surface area contributed by atoms with Gasteiger partial charge in [-0.15, -0.1) is 0 Å². The van der Waals surface area contributed by atoms with Gasteiger partial charge in [-0.1, -0.05) is 11.6 Å². The number of rotatable bonds is 14. The second-order valence-corrected chi connectivity index (χ2v) is 32.4. The van der Waals surface area contributed by atoms with Gasteiger partial charge >= 0.3 is 18.3 Å². The summed E-state index contributed by atoms with van der Waals surface area (Å²) in [5, 5.41) is 17.0. The maximum atomic E-state index is 13.9. The lowest BCUT2D eigenvalue weighted by atomic mass is 10.1. The molecule has 0 saturated heterocycles. The van der Waals surface area contributed by atoms with Gasteiger partial charge in [-0.25, -0.2) is 76.2 Å². The maximum Gasteiger partial charge on any atom is 0.410 e. The Bertz CT molecular complexity index is 5660. The van der Waals surface area contributed by atoms with Crippen LogP contribution in [0, 0.1) is 29.1 Å². The third kappa shape index (κ3) is 21.6. The van der Waals surface area contributed by atoms with Crippen LogP contribution in [0.15, 0.2) is 110 Å². The fraction of sp³-hybridized carbons (Fsp3) is 0.361. The van der Waals surface area contributed by atoms with E-state index in [-0.39, 0.29) is 40.2 Å². The lowest BCUT2D eigenvalue weighted by Gasteiger charge is -2.31. The number of ether oxygens (including phenoxy) is 3. The number of amides is 3. The summed E-state index contributed by atoms with van der Waals surface area (Å²) in [6.07, 6.45) is 14.5. The van der Waals surface area contributed by atoms with Crippen LogP contribution in [-0.4, -0.2) is 160 Å². The number of pyridine rings is 2. The van der Waals surface area contributed by atoms with Crippen LogP contribution in [0.2, 0.25) is 15.7 Å². The number of carbonyl (C=O) groups excluding carboxylic acids is 3. The highest BCUT2D eigenvalue weighted by Crippen LogP contribution is 2.34. The zero-order valence-corrected chi connectivity index (χ0v) is 68.2. The summed E-state index contributed by atoms with van der Waals surface area (Å²) < 4.78 is 84.3. The topological polar surface area (TPSA) is 313 Å². The largest absolute Gasteiger partial charge is 0.444 e. The average Bonchev–Trinajstić information content (AvgIpc) is 1.76. The van der Waals surface area contributed by atoms with Crippen molar-refractivity contribution in [2.24, 2.45) is 0 Å². The number of fused-ring (bicyclic) bond motifs is 7. The molecule has 0 fully saturated rings. The van der Waals surface area contributed by atoms with Crippen molar-refractivity contribution in [1.82, 2.24) is 84.8 Å². The molecule has 0 saturated carbocycles. The molecule has 16 rings (SSSR count). The first-order valence-electron chi connectivity index (χ1n) is 38.2. The second-order valence-electron chi connectivity index (χ2n) is 31.3. The van der Waals surface area contributed by atoms with Crippen molar-refractivity contribution in [3.05, 3.63) is 217 Å². The van der Waals surface area contributed by atoms with Crippen LogP contribution < -0.4 is 21.3 Å². The lowest BCUT2D eigenvalue weighted by Crippen LogP contribution is -2.40. The molecule has 0 unspecified atom stereocenters. The molecular weight excluding hydrogens is 1570 g/mol. The van der Waals surface area contributed by atoms with Crippen LogP contribution >= 0.6 is 34.8 Å². The van der Waals surface area contributed by atoms with Crippen molar-refractivity contribution in [1.29, 1.82) is 0 Å². The van der Waals surface area contributed by atoms with Crippen LogP contribution in [0.4, 0.5) is 53.8 Å². The molecule has 9 aromatic heterocycles. The molecule has 34 heteroatoms. The Morgan fingerprint density at radius 3 is 1.19 bits per heavy atom. The van der Waals surface area contributed by atoms with E-state index in [2.05, 4.69) is 81.1 Å². The average molecular weight is 1660 g/mol. The second kappa shape index (κ2) is 36.0. The van der Waals surface area contributed by atoms with E-state index >= 15 is 0 Å². The Kier molecular flexibility index (Phi) is 25.7. The van der Waals surface area contributed by atoms with Gasteiger partial charge in [-0.05, 0) is 188 Å². The highest BCUT2D eigenvalue weighted by Gasteiger charge is 2.33. The molecule has 7 N–H and O–H groups in total. The quantitative estimate of drug-likeness (QED) is 0.0230. The normalized spacial score (nSPS) is 13.8. The number of hydrogen-bond donors (Lipinski definition) is 7. The van der Waals surface area contributed by atoms with E-state index in [9.17, 15) is 36.3 Å². The summed E-state index contributed by atoms with van der Waals surface area (Å²) in [6, 6.07) is 16.9. The van der Waals surface area contributed by atoms with E-state index in [1.165, 1.54) is 54.7 Å². The van der Waals surface area contributed by atoms with E-state index in [1.807, 2.05) is 80.9 Å². The van der Waals surface area contributed by atoms with Crippen LogP contribution in [0.5, 0.6) is 0 Å². The Morgan fingerprint density at radius 1 is 0.427 bits per heavy atom. The van der Waals surface area contributed by atoms with Gasteiger partial charge in [0.25, 0.3) is 0 Å². The molecule has 12 aromatic rings. The van der Waals surface area contributed by atoms with E-state index in [1.54, 1.807) is 39.1 Å². The Labute approximate surface area is 686 Å². The number of nitrogens with zero attached hydrogens (tertiary/aromatic N) is 13. The first-order valence-corrected chi connectivity index (χ1v) is 39.3. The number of anilines is 3. The summed E-state index contributed by atoms with van der Waals surface area (Å²) >= 11 is 17.9. The summed E-state index contributed by atoms with van der Waals surface area (Å²) in [6.45, 7) is 22.3. The van der Waals surface area contributed by atoms with E-state index in [0.29, 0.717) is 137 Å². The minimum atomic E-state index is -0.606. The van der Waals surface area contributed by atoms with Crippen LogP contribution in [0.25, 0.3) is 55.5 Å². The third-order valence-corrected chi connectivity index (χ3v) is 19.8. The van der Waals surface area contributed by atoms with Gasteiger partial charge in [0, 0.05) is 175 Å². The van der Waals surface area contributed by atoms with Crippen LogP contribution in [0.1, 0.15) is 124 Å². The molecule has 612 valence electrons. The Hall–Kier alpha value is -11.4. The van der Waals surface area contributed by atoms with Crippen molar-refractivity contribution in [3.63, 3.8) is 0 Å². The van der Waals surface area contributed by atoms with Crippen molar-refractivity contribution in [3.8, 4) is 22.8 Å². The zero-order valence-electron chi connectivity index (χ0n) is 65.9. The number of benzene rings is 3. The monoisotopic (exact) mass is 1660 g/mol. The molecule has 3 amide bonds. The van der Waals surface area contributed by atoms with Gasteiger partial charge in [0.1, 0.15) is 68.5 Å². The van der Waals surface area contributed by atoms with Crippen molar-refractivity contribution < 1.29 is 50.5 Å². The van der Waals surface area contributed by atoms with Crippen molar-refractivity contribution in [2.45, 2.75) is 150 Å². The predicted octanol–water partition coefficient (Wildman–Crippen LogP) is 16.6. The van der Waals surface area contributed by atoms with Gasteiger partial charge in [0.2, 0.25) is 10.6 Å². The van der Waals surface area contributed by atoms with Crippen molar-refractivity contribution in [2.75, 3.05) is 61.8 Å². The highest BCUT2D eigenvalue weighted by atomic mass is 35.5. The number of carbonyl (C=O) groups is 3. The molecule has 4 aliphatic heterocycles. The smallest absolute Gasteiger partial charge is 0.410 e. The van der Waals surface area contributed by atoms with Crippen LogP contribution in [-0.2, 0) is 85.3 Å². The van der Waals surface area contributed by atoms with E-state index in [4.69, 9.17) is 54.0 Å². The highest BCUT2D eigenvalue weighted by molar-refractivity contribution is 6.32. The van der Waals surface area contributed by atoms with Gasteiger partial charge in [-0.2, -0.15) is 0 Å². The molecular formula is C83H88Cl3F5N20O6. The molecule has 13 heterocycles. The minimum Gasteiger partial charge on any atom is -0.444 e. The standard InChI is InChI=1S/C27H28F2N6O2.C22H25ClFN5O2.C22H20F2N6.C12H15Cl2N3O2/c1-27(2,3)37-26(36)35-9-7-22-21(15-35)25(34-24(33-22)17-10-19(29)14-30-12-17)31-8-6-16-13-32-23-11-18(28)4-5-20(16)23;1-22(2,3)31-21(30)29-9-7-17-16(12-29)19(28-20(23)27-17)25-8-6-13-11-26-18-10-14(24)4-5-15(13)18;23-15-1-2-17-13(10-28-20(17)8-15)3-6-27-22-18-12-25-5-4-19(18)29-21(30-22)14-7-16(24)11-26-9-14;1-12(2,3)19-11(18)17-5-4-8-7(6-17)9(13)16-10(14)15-8/h4-5,10-14,32H,6-9,15H2,1-3H3,(H,31,33,34);4-5,10-11,26H,6-9,12H2,1-3H3,(H,25,27,28);1-2,7-11,25,28H,3-6,12H2,(H,27,29,30);4-6H2,1-3H3. The van der Waals surface area contributed by atoms with E-state index in [0.717, 1.165) is 132 Å². The molecule has 26 nitrogen and oxygen atoms in total. The Balaban J connectivity index is 0.000000138. The van der Waals surface area contributed by atoms with Gasteiger partial charge < -0.3 is 65.1 Å². The fourth-order valence-corrected chi connectivity index (χ4v) is 14.4. The fourth-order valence-electron chi connectivity index (χ4n) is 13.7. The summed E-state index contributed by atoms with van der Waals surface area (Å²) in [4.78, 5) is 94.7. The minimum absolute atomic E-state index is 0.134. The molecule has 0 atom stereocenters. The number of nitrogens with one attached hydrogen (secondary N) is 7. The molecule has 117 heavy (non-hydrogen) atoms. The molecule has 0 bridgehead atoms. The van der Waals surface area contributed by atoms with Crippen molar-refractivity contribution >= 4 is 103 Å². The molecule has 0 radical (unpaired) electrons. The van der Waals surface area contributed by atoms with Gasteiger partial charge in [0.05, 0.1) is 54.8 Å². The molecule has 0 spiro atoms. The van der Waals surface area contributed by atoms with Gasteiger partial charge in [0.15, 0.2) is 11.6 Å². The number of halogens is 8. The molecule has 4 aliphatic rings. The Morgan fingerprint density at radius 2 is 0.786 bits per heavy atom. The lowest BCUT2D eigenvalue weighted by molar-refractivity contribution is 0.0212. The number of aromatic amines is 3. The molecule has 0 aliphatic carbocycles. The zero-order chi connectivity index (χ0) is 83.0. The number of H-pyrrole nitrogens is 3. The third-order valence-electron chi connectivity index (χ3n) is 19.1. The summed E-state index contributed by atoms with van der Waals surface area (Å²) in [7, 11) is 0. The van der Waals surface area contributed by atoms with Gasteiger partial charge in [-0.3, -0.25) is 9.97 Å². The predicted molar refractivity (Wildman–Crippen MR) is 437 cm³/mol.